The number of hydrogen-bond acceptors (Lipinski definition) is 5. The Labute approximate surface area is 122 Å². The maximum atomic E-state index is 12.3. The highest BCUT2D eigenvalue weighted by atomic mass is 32.2. The minimum atomic E-state index is -3.89. The number of nitrogens with two attached hydrogens (primary N) is 1. The summed E-state index contributed by atoms with van der Waals surface area (Å²) in [5.41, 5.74) is 6.53. The standard InChI is InChI=1S/C14H10N4O2S/c15-8-10-2-1-3-12(6-10)18-21(19,20)14-5-4-11(9-16)7-13(14)17/h1-7,18H,17H2. The lowest BCUT2D eigenvalue weighted by molar-refractivity contribution is 0.601. The van der Waals surface area contributed by atoms with Gasteiger partial charge in [0.05, 0.1) is 34.6 Å². The first-order chi connectivity index (χ1) is 9.96. The predicted octanol–water partition coefficient (Wildman–Crippen LogP) is 1.81. The lowest BCUT2D eigenvalue weighted by Crippen LogP contribution is -2.15. The van der Waals surface area contributed by atoms with Gasteiger partial charge in [0.25, 0.3) is 10.0 Å². The molecule has 0 fully saturated rings. The molecule has 7 heteroatoms. The van der Waals surface area contributed by atoms with Crippen molar-refractivity contribution in [2.75, 3.05) is 10.5 Å². The molecular weight excluding hydrogens is 288 g/mol. The predicted molar refractivity (Wildman–Crippen MR) is 77.5 cm³/mol. The van der Waals surface area contributed by atoms with Crippen molar-refractivity contribution in [1.82, 2.24) is 0 Å². The van der Waals surface area contributed by atoms with E-state index in [4.69, 9.17) is 16.3 Å². The Kier molecular flexibility index (Phi) is 3.79. The van der Waals surface area contributed by atoms with Crippen LogP contribution in [0.5, 0.6) is 0 Å². The lowest BCUT2D eigenvalue weighted by Gasteiger charge is -2.10. The first-order valence-electron chi connectivity index (χ1n) is 5.79. The molecule has 0 saturated heterocycles. The minimum Gasteiger partial charge on any atom is -0.398 e. The van der Waals surface area contributed by atoms with E-state index in [9.17, 15) is 8.42 Å². The third kappa shape index (κ3) is 3.11. The zero-order chi connectivity index (χ0) is 15.5. The fourth-order valence-corrected chi connectivity index (χ4v) is 2.89. The normalized spacial score (nSPS) is 10.4. The summed E-state index contributed by atoms with van der Waals surface area (Å²) in [6.07, 6.45) is 0. The van der Waals surface area contributed by atoms with E-state index in [2.05, 4.69) is 4.72 Å². The van der Waals surface area contributed by atoms with E-state index in [0.717, 1.165) is 0 Å². The zero-order valence-corrected chi connectivity index (χ0v) is 11.6. The number of benzene rings is 2. The van der Waals surface area contributed by atoms with Crippen LogP contribution >= 0.6 is 0 Å². The summed E-state index contributed by atoms with van der Waals surface area (Å²) in [6, 6.07) is 13.8. The van der Waals surface area contributed by atoms with Gasteiger partial charge in [0.1, 0.15) is 4.90 Å². The van der Waals surface area contributed by atoms with Crippen LogP contribution in [0.25, 0.3) is 0 Å². The average Bonchev–Trinajstić information content (AvgIpc) is 2.46. The van der Waals surface area contributed by atoms with Crippen molar-refractivity contribution in [3.8, 4) is 12.1 Å². The Morgan fingerprint density at radius 3 is 2.29 bits per heavy atom. The lowest BCUT2D eigenvalue weighted by atomic mass is 10.2. The summed E-state index contributed by atoms with van der Waals surface area (Å²) in [6.45, 7) is 0. The van der Waals surface area contributed by atoms with Crippen molar-refractivity contribution >= 4 is 21.4 Å². The number of anilines is 2. The summed E-state index contributed by atoms with van der Waals surface area (Å²) in [5, 5.41) is 17.5. The van der Waals surface area contributed by atoms with Crippen LogP contribution < -0.4 is 10.5 Å². The van der Waals surface area contributed by atoms with E-state index in [1.165, 1.54) is 30.3 Å². The molecule has 0 aliphatic carbocycles. The minimum absolute atomic E-state index is 0.0158. The summed E-state index contributed by atoms with van der Waals surface area (Å²) in [4.78, 5) is -0.121. The molecule has 0 saturated carbocycles. The molecule has 0 aliphatic rings. The van der Waals surface area contributed by atoms with Crippen molar-refractivity contribution < 1.29 is 8.42 Å². The maximum absolute atomic E-state index is 12.3. The van der Waals surface area contributed by atoms with Crippen LogP contribution in [0.15, 0.2) is 47.4 Å². The van der Waals surface area contributed by atoms with Crippen molar-refractivity contribution in [2.45, 2.75) is 4.90 Å². The molecule has 6 nitrogen and oxygen atoms in total. The highest BCUT2D eigenvalue weighted by Crippen LogP contribution is 2.23. The van der Waals surface area contributed by atoms with Gasteiger partial charge in [0, 0.05) is 0 Å². The molecule has 0 bridgehead atoms. The fraction of sp³-hybridized carbons (Fsp3) is 0. The van der Waals surface area contributed by atoms with E-state index in [1.807, 2.05) is 12.1 Å². The van der Waals surface area contributed by atoms with Crippen molar-refractivity contribution in [1.29, 1.82) is 10.5 Å². The number of nitrogen functional groups attached to an aromatic ring is 1. The van der Waals surface area contributed by atoms with Crippen LogP contribution in [-0.4, -0.2) is 8.42 Å². The molecule has 0 amide bonds. The van der Waals surface area contributed by atoms with Crippen LogP contribution in [0.1, 0.15) is 11.1 Å². The van der Waals surface area contributed by atoms with Crippen LogP contribution in [-0.2, 0) is 10.0 Å². The highest BCUT2D eigenvalue weighted by molar-refractivity contribution is 7.92. The SMILES string of the molecule is N#Cc1cccc(NS(=O)(=O)c2ccc(C#N)cc2N)c1. The highest BCUT2D eigenvalue weighted by Gasteiger charge is 2.18. The molecule has 0 atom stereocenters. The van der Waals surface area contributed by atoms with Gasteiger partial charge >= 0.3 is 0 Å². The number of nitriles is 2. The Morgan fingerprint density at radius 2 is 1.67 bits per heavy atom. The molecule has 104 valence electrons. The topological polar surface area (TPSA) is 120 Å². The van der Waals surface area contributed by atoms with E-state index < -0.39 is 10.0 Å². The number of sulfonamides is 1. The van der Waals surface area contributed by atoms with Gasteiger partial charge in [-0.3, -0.25) is 4.72 Å². The van der Waals surface area contributed by atoms with E-state index in [1.54, 1.807) is 12.1 Å². The average molecular weight is 298 g/mol. The molecule has 2 aromatic rings. The third-order valence-corrected chi connectivity index (χ3v) is 4.13. The Bertz CT molecular complexity index is 877. The molecule has 0 spiro atoms. The van der Waals surface area contributed by atoms with E-state index >= 15 is 0 Å². The maximum Gasteiger partial charge on any atom is 0.263 e. The third-order valence-electron chi connectivity index (χ3n) is 2.67. The Balaban J connectivity index is 2.39. The zero-order valence-electron chi connectivity index (χ0n) is 10.7. The molecule has 2 aromatic carbocycles. The molecule has 21 heavy (non-hydrogen) atoms. The fourth-order valence-electron chi connectivity index (χ4n) is 1.73. The van der Waals surface area contributed by atoms with Gasteiger partial charge < -0.3 is 5.73 Å². The Hall–Kier alpha value is -3.03. The van der Waals surface area contributed by atoms with Crippen LogP contribution in [0.3, 0.4) is 0 Å². The van der Waals surface area contributed by atoms with Crippen LogP contribution in [0, 0.1) is 22.7 Å². The van der Waals surface area contributed by atoms with Crippen LogP contribution in [0.2, 0.25) is 0 Å². The van der Waals surface area contributed by atoms with E-state index in [0.29, 0.717) is 5.56 Å². The second-order valence-corrected chi connectivity index (χ2v) is 5.81. The smallest absolute Gasteiger partial charge is 0.263 e. The summed E-state index contributed by atoms with van der Waals surface area (Å²) in [7, 11) is -3.89. The van der Waals surface area contributed by atoms with Gasteiger partial charge in [-0.05, 0) is 36.4 Å². The second-order valence-electron chi connectivity index (χ2n) is 4.16. The molecule has 0 unspecified atom stereocenters. The summed E-state index contributed by atoms with van der Waals surface area (Å²) in [5.74, 6) is 0. The van der Waals surface area contributed by atoms with Crippen molar-refractivity contribution in [3.63, 3.8) is 0 Å². The molecule has 3 N–H and O–H groups in total. The van der Waals surface area contributed by atoms with Crippen molar-refractivity contribution in [2.24, 2.45) is 0 Å². The number of nitrogens with one attached hydrogen (secondary N) is 1. The molecule has 0 heterocycles. The monoisotopic (exact) mass is 298 g/mol. The van der Waals surface area contributed by atoms with Gasteiger partial charge in [-0.1, -0.05) is 6.07 Å². The molecule has 0 aliphatic heterocycles. The van der Waals surface area contributed by atoms with Gasteiger partial charge in [0.2, 0.25) is 0 Å². The van der Waals surface area contributed by atoms with E-state index in [-0.39, 0.29) is 21.8 Å². The van der Waals surface area contributed by atoms with Gasteiger partial charge in [-0.25, -0.2) is 8.42 Å². The second kappa shape index (κ2) is 5.53. The number of nitrogens with zero attached hydrogens (tertiary/aromatic N) is 2. The molecule has 0 radical (unpaired) electrons. The van der Waals surface area contributed by atoms with Crippen LogP contribution in [0.4, 0.5) is 11.4 Å². The Morgan fingerprint density at radius 1 is 1.00 bits per heavy atom. The number of rotatable bonds is 3. The first-order valence-corrected chi connectivity index (χ1v) is 7.27. The van der Waals surface area contributed by atoms with Gasteiger partial charge in [-0.2, -0.15) is 10.5 Å². The van der Waals surface area contributed by atoms with Gasteiger partial charge in [-0.15, -0.1) is 0 Å². The summed E-state index contributed by atoms with van der Waals surface area (Å²) < 4.78 is 26.9. The molecule has 2 rings (SSSR count). The van der Waals surface area contributed by atoms with Gasteiger partial charge in [0.15, 0.2) is 0 Å². The largest absolute Gasteiger partial charge is 0.398 e. The quantitative estimate of drug-likeness (QED) is 0.837. The van der Waals surface area contributed by atoms with Crippen molar-refractivity contribution in [3.05, 3.63) is 53.6 Å². The summed E-state index contributed by atoms with van der Waals surface area (Å²) >= 11 is 0. The molecular formula is C14H10N4O2S. The number of hydrogen-bond donors (Lipinski definition) is 2. The molecule has 0 aromatic heterocycles. The first kappa shape index (κ1) is 14.4.